The highest BCUT2D eigenvalue weighted by Gasteiger charge is 2.40. The minimum absolute atomic E-state index is 0. The zero-order valence-corrected chi connectivity index (χ0v) is 14.2. The van der Waals surface area contributed by atoms with Gasteiger partial charge in [0.2, 0.25) is 5.91 Å². The van der Waals surface area contributed by atoms with Crippen LogP contribution in [0.25, 0.3) is 0 Å². The molecule has 5 heteroatoms. The number of rotatable bonds is 2. The first-order valence-corrected chi connectivity index (χ1v) is 8.43. The van der Waals surface area contributed by atoms with E-state index in [4.69, 9.17) is 0 Å². The number of nitrogens with zero attached hydrogens (tertiary/aromatic N) is 2. The molecule has 3 aliphatic heterocycles. The van der Waals surface area contributed by atoms with E-state index in [-0.39, 0.29) is 18.3 Å². The lowest BCUT2D eigenvalue weighted by atomic mass is 9.96. The fraction of sp³-hybridized carbons (Fsp3) is 0.938. The molecular weight excluding hydrogens is 286 g/mol. The van der Waals surface area contributed by atoms with Crippen molar-refractivity contribution >= 4 is 18.3 Å². The van der Waals surface area contributed by atoms with E-state index in [1.807, 2.05) is 0 Å². The summed E-state index contributed by atoms with van der Waals surface area (Å²) in [5.41, 5.74) is 0. The SMILES string of the molecule is CC(C)N1C2CCC1CN(C(=O)C1CCNCC1)CC2.Cl. The Morgan fingerprint density at radius 1 is 1.05 bits per heavy atom. The topological polar surface area (TPSA) is 35.6 Å². The van der Waals surface area contributed by atoms with Gasteiger partial charge in [-0.3, -0.25) is 9.69 Å². The lowest BCUT2D eigenvalue weighted by Gasteiger charge is -2.33. The van der Waals surface area contributed by atoms with Crippen molar-refractivity contribution in [3.05, 3.63) is 0 Å². The van der Waals surface area contributed by atoms with Crippen LogP contribution in [0.1, 0.15) is 46.0 Å². The molecule has 21 heavy (non-hydrogen) atoms. The molecule has 0 saturated carbocycles. The average Bonchev–Trinajstić information content (AvgIpc) is 2.74. The number of hydrogen-bond acceptors (Lipinski definition) is 3. The molecule has 0 radical (unpaired) electrons. The van der Waals surface area contributed by atoms with Gasteiger partial charge in [-0.2, -0.15) is 0 Å². The summed E-state index contributed by atoms with van der Waals surface area (Å²) in [5, 5.41) is 3.35. The first kappa shape index (κ1) is 17.0. The summed E-state index contributed by atoms with van der Waals surface area (Å²) in [6.07, 6.45) is 5.83. The molecule has 1 amide bonds. The highest BCUT2D eigenvalue weighted by atomic mass is 35.5. The van der Waals surface area contributed by atoms with Gasteiger partial charge in [0.05, 0.1) is 0 Å². The Bertz CT molecular complexity index is 357. The van der Waals surface area contributed by atoms with Crippen LogP contribution in [0.2, 0.25) is 0 Å². The number of likely N-dealkylation sites (tertiary alicyclic amines) is 1. The van der Waals surface area contributed by atoms with Crippen LogP contribution in [0.4, 0.5) is 0 Å². The second-order valence-corrected chi connectivity index (χ2v) is 7.02. The summed E-state index contributed by atoms with van der Waals surface area (Å²) in [4.78, 5) is 17.6. The van der Waals surface area contributed by atoms with E-state index in [1.165, 1.54) is 19.3 Å². The molecule has 0 spiro atoms. The highest BCUT2D eigenvalue weighted by Crippen LogP contribution is 2.32. The summed E-state index contributed by atoms with van der Waals surface area (Å²) >= 11 is 0. The molecule has 0 aliphatic carbocycles. The molecular formula is C16H30ClN3O. The first-order valence-electron chi connectivity index (χ1n) is 8.43. The number of halogens is 1. The maximum Gasteiger partial charge on any atom is 0.225 e. The Labute approximate surface area is 135 Å². The van der Waals surface area contributed by atoms with E-state index >= 15 is 0 Å². The van der Waals surface area contributed by atoms with Gasteiger partial charge in [-0.25, -0.2) is 0 Å². The van der Waals surface area contributed by atoms with Crippen LogP contribution in [0, 0.1) is 5.92 Å². The number of carbonyl (C=O) groups excluding carboxylic acids is 1. The fourth-order valence-electron chi connectivity index (χ4n) is 4.48. The normalized spacial score (nSPS) is 31.1. The van der Waals surface area contributed by atoms with Gasteiger partial charge in [0.15, 0.2) is 0 Å². The van der Waals surface area contributed by atoms with Crippen molar-refractivity contribution in [1.82, 2.24) is 15.1 Å². The predicted molar refractivity (Wildman–Crippen MR) is 87.8 cm³/mol. The van der Waals surface area contributed by atoms with Crippen molar-refractivity contribution in [2.24, 2.45) is 5.92 Å². The zero-order chi connectivity index (χ0) is 14.1. The maximum absolute atomic E-state index is 12.7. The van der Waals surface area contributed by atoms with Crippen LogP contribution >= 0.6 is 12.4 Å². The molecule has 1 N–H and O–H groups in total. The summed E-state index contributed by atoms with van der Waals surface area (Å²) < 4.78 is 0. The van der Waals surface area contributed by atoms with Crippen LogP contribution in [0.3, 0.4) is 0 Å². The Hall–Kier alpha value is -0.320. The van der Waals surface area contributed by atoms with Crippen LogP contribution in [0.15, 0.2) is 0 Å². The van der Waals surface area contributed by atoms with Crippen molar-refractivity contribution in [3.63, 3.8) is 0 Å². The van der Waals surface area contributed by atoms with Gasteiger partial charge >= 0.3 is 0 Å². The molecule has 3 rings (SSSR count). The Balaban J connectivity index is 0.00000161. The van der Waals surface area contributed by atoms with Crippen LogP contribution < -0.4 is 5.32 Å². The zero-order valence-electron chi connectivity index (χ0n) is 13.4. The summed E-state index contributed by atoms with van der Waals surface area (Å²) in [5.74, 6) is 0.711. The third-order valence-corrected chi connectivity index (χ3v) is 5.44. The second kappa shape index (κ2) is 7.30. The molecule has 0 aromatic rings. The molecule has 4 nitrogen and oxygen atoms in total. The van der Waals surface area contributed by atoms with Crippen LogP contribution in [-0.2, 0) is 4.79 Å². The van der Waals surface area contributed by atoms with Gasteiger partial charge in [0.25, 0.3) is 0 Å². The lowest BCUT2D eigenvalue weighted by Crippen LogP contribution is -2.46. The van der Waals surface area contributed by atoms with Crippen molar-refractivity contribution in [3.8, 4) is 0 Å². The molecule has 3 saturated heterocycles. The molecule has 2 bridgehead atoms. The molecule has 3 fully saturated rings. The van der Waals surface area contributed by atoms with Crippen molar-refractivity contribution < 1.29 is 4.79 Å². The standard InChI is InChI=1S/C16H29N3O.ClH/c1-12(2)19-14-3-4-15(19)11-18(10-7-14)16(20)13-5-8-17-9-6-13;/h12-15,17H,3-11H2,1-2H3;1H. The van der Waals surface area contributed by atoms with Crippen molar-refractivity contribution in [2.45, 2.75) is 64.1 Å². The monoisotopic (exact) mass is 315 g/mol. The third-order valence-electron chi connectivity index (χ3n) is 5.44. The summed E-state index contributed by atoms with van der Waals surface area (Å²) in [6.45, 7) is 8.57. The van der Waals surface area contributed by atoms with E-state index in [0.29, 0.717) is 24.0 Å². The van der Waals surface area contributed by atoms with Gasteiger partial charge < -0.3 is 10.2 Å². The number of nitrogens with one attached hydrogen (secondary N) is 1. The summed E-state index contributed by atoms with van der Waals surface area (Å²) in [7, 11) is 0. The van der Waals surface area contributed by atoms with E-state index in [2.05, 4.69) is 29.0 Å². The van der Waals surface area contributed by atoms with E-state index in [0.717, 1.165) is 39.0 Å². The Morgan fingerprint density at radius 2 is 1.71 bits per heavy atom. The molecule has 122 valence electrons. The van der Waals surface area contributed by atoms with Crippen LogP contribution in [-0.4, -0.2) is 60.0 Å². The smallest absolute Gasteiger partial charge is 0.225 e. The number of carbonyl (C=O) groups is 1. The average molecular weight is 316 g/mol. The number of piperidine rings is 1. The lowest BCUT2D eigenvalue weighted by molar-refractivity contribution is -0.136. The minimum Gasteiger partial charge on any atom is -0.341 e. The quantitative estimate of drug-likeness (QED) is 0.845. The third kappa shape index (κ3) is 3.54. The molecule has 0 aromatic carbocycles. The Morgan fingerprint density at radius 3 is 2.38 bits per heavy atom. The highest BCUT2D eigenvalue weighted by molar-refractivity contribution is 5.85. The van der Waals surface area contributed by atoms with Crippen molar-refractivity contribution in [2.75, 3.05) is 26.2 Å². The molecule has 3 aliphatic rings. The largest absolute Gasteiger partial charge is 0.341 e. The first-order chi connectivity index (χ1) is 9.66. The van der Waals surface area contributed by atoms with Crippen molar-refractivity contribution in [1.29, 1.82) is 0 Å². The second-order valence-electron chi connectivity index (χ2n) is 7.02. The van der Waals surface area contributed by atoms with Gasteiger partial charge in [0.1, 0.15) is 0 Å². The Kier molecular flexibility index (Phi) is 5.92. The van der Waals surface area contributed by atoms with E-state index in [9.17, 15) is 4.79 Å². The minimum atomic E-state index is 0. The van der Waals surface area contributed by atoms with Gasteiger partial charge in [-0.1, -0.05) is 0 Å². The maximum atomic E-state index is 12.7. The van der Waals surface area contributed by atoms with E-state index < -0.39 is 0 Å². The fourth-order valence-corrected chi connectivity index (χ4v) is 4.48. The van der Waals surface area contributed by atoms with Gasteiger partial charge in [-0.05, 0) is 59.0 Å². The molecule has 3 heterocycles. The van der Waals surface area contributed by atoms with Crippen LogP contribution in [0.5, 0.6) is 0 Å². The molecule has 2 atom stereocenters. The number of hydrogen-bond donors (Lipinski definition) is 1. The summed E-state index contributed by atoms with van der Waals surface area (Å²) in [6, 6.07) is 1.93. The van der Waals surface area contributed by atoms with Gasteiger partial charge in [0, 0.05) is 37.1 Å². The molecule has 0 aromatic heterocycles. The van der Waals surface area contributed by atoms with E-state index in [1.54, 1.807) is 0 Å². The molecule has 2 unspecified atom stereocenters. The number of amides is 1. The predicted octanol–water partition coefficient (Wildman–Crippen LogP) is 1.88. The number of fused-ring (bicyclic) bond motifs is 2. The van der Waals surface area contributed by atoms with Gasteiger partial charge in [-0.15, -0.1) is 12.4 Å².